The van der Waals surface area contributed by atoms with Gasteiger partial charge in [-0.2, -0.15) is 0 Å². The van der Waals surface area contributed by atoms with Crippen LogP contribution in [-0.2, 0) is 4.74 Å². The van der Waals surface area contributed by atoms with Crippen LogP contribution < -0.4 is 0 Å². The normalized spacial score (nSPS) is 26.3. The summed E-state index contributed by atoms with van der Waals surface area (Å²) in [6, 6.07) is 0. The van der Waals surface area contributed by atoms with E-state index in [2.05, 4.69) is 0 Å². The molecule has 0 radical (unpaired) electrons. The molecule has 56 valence electrons. The van der Waals surface area contributed by atoms with Crippen molar-refractivity contribution < 1.29 is 9.84 Å². The molecule has 0 aromatic rings. The van der Waals surface area contributed by atoms with Crippen LogP contribution in [0, 0.1) is 0 Å². The molecule has 0 amide bonds. The molecule has 0 aromatic heterocycles. The number of aliphatic hydroxyl groups excluding tert-OH is 1. The molecule has 0 spiro atoms. The van der Waals surface area contributed by atoms with Crippen molar-refractivity contribution in [1.29, 1.82) is 0 Å². The molecule has 1 aliphatic heterocycles. The van der Waals surface area contributed by atoms with Crippen molar-refractivity contribution in [2.75, 3.05) is 6.61 Å². The van der Waals surface area contributed by atoms with Crippen LogP contribution in [0.1, 0.15) is 33.1 Å². The van der Waals surface area contributed by atoms with Crippen LogP contribution in [0.2, 0.25) is 0 Å². The summed E-state index contributed by atoms with van der Waals surface area (Å²) in [6.07, 6.45) is 2.58. The summed E-state index contributed by atoms with van der Waals surface area (Å²) in [5.74, 6) is 0. The minimum atomic E-state index is -0.464. The third-order valence-electron chi connectivity index (χ3n) is 1.16. The van der Waals surface area contributed by atoms with Crippen LogP contribution in [0.5, 0.6) is 0 Å². The minimum absolute atomic E-state index is 0.464. The molecule has 1 atom stereocenters. The molecule has 1 aliphatic rings. The summed E-state index contributed by atoms with van der Waals surface area (Å²) in [6.45, 7) is 4.74. The Morgan fingerprint density at radius 3 is 2.22 bits per heavy atom. The van der Waals surface area contributed by atoms with E-state index in [0.29, 0.717) is 0 Å². The Hall–Kier alpha value is -0.0800. The van der Waals surface area contributed by atoms with Crippen molar-refractivity contribution in [2.45, 2.75) is 39.4 Å². The quantitative estimate of drug-likeness (QED) is 0.541. The highest BCUT2D eigenvalue weighted by Gasteiger charge is 2.07. The lowest BCUT2D eigenvalue weighted by atomic mass is 10.2. The monoisotopic (exact) mass is 132 g/mol. The van der Waals surface area contributed by atoms with E-state index in [9.17, 15) is 0 Å². The van der Waals surface area contributed by atoms with Crippen molar-refractivity contribution in [2.24, 2.45) is 0 Å². The average Bonchev–Trinajstić information content (AvgIpc) is 1.94. The predicted molar refractivity (Wildman–Crippen MR) is 37.2 cm³/mol. The minimum Gasteiger partial charge on any atom is -0.368 e. The maximum absolute atomic E-state index is 8.69. The Morgan fingerprint density at radius 2 is 2.00 bits per heavy atom. The molecule has 9 heavy (non-hydrogen) atoms. The van der Waals surface area contributed by atoms with Crippen LogP contribution in [0.15, 0.2) is 0 Å². The first kappa shape index (κ1) is 8.92. The highest BCUT2D eigenvalue weighted by atomic mass is 16.6. The van der Waals surface area contributed by atoms with Gasteiger partial charge in [0.1, 0.15) is 0 Å². The zero-order valence-electron chi connectivity index (χ0n) is 6.26. The molecule has 2 nitrogen and oxygen atoms in total. The summed E-state index contributed by atoms with van der Waals surface area (Å²) in [7, 11) is 0. The van der Waals surface area contributed by atoms with Crippen molar-refractivity contribution >= 4 is 0 Å². The smallest absolute Gasteiger partial charge is 0.154 e. The zero-order chi connectivity index (χ0) is 7.11. The number of ether oxygens (including phenoxy) is 1. The van der Waals surface area contributed by atoms with Gasteiger partial charge in [-0.25, -0.2) is 0 Å². The number of rotatable bonds is 0. The van der Waals surface area contributed by atoms with Gasteiger partial charge in [-0.15, -0.1) is 0 Å². The number of aliphatic hydroxyl groups is 1. The van der Waals surface area contributed by atoms with Crippen molar-refractivity contribution in [3.05, 3.63) is 0 Å². The lowest BCUT2D eigenvalue weighted by Gasteiger charge is -2.16. The first-order chi connectivity index (χ1) is 4.39. The average molecular weight is 132 g/mol. The summed E-state index contributed by atoms with van der Waals surface area (Å²) >= 11 is 0. The van der Waals surface area contributed by atoms with Gasteiger partial charge in [-0.3, -0.25) is 0 Å². The van der Waals surface area contributed by atoms with Gasteiger partial charge in [0.2, 0.25) is 0 Å². The molecule has 1 saturated heterocycles. The van der Waals surface area contributed by atoms with Crippen LogP contribution in [0.4, 0.5) is 0 Å². The molecule has 1 rings (SSSR count). The van der Waals surface area contributed by atoms with E-state index in [1.165, 1.54) is 0 Å². The summed E-state index contributed by atoms with van der Waals surface area (Å²) in [5.41, 5.74) is 0. The summed E-state index contributed by atoms with van der Waals surface area (Å²) < 4.78 is 4.83. The molecule has 2 heteroatoms. The second kappa shape index (κ2) is 6.05. The summed E-state index contributed by atoms with van der Waals surface area (Å²) in [4.78, 5) is 0. The molecule has 0 aromatic carbocycles. The molecule has 1 heterocycles. The molecule has 0 bridgehead atoms. The maximum Gasteiger partial charge on any atom is 0.154 e. The van der Waals surface area contributed by atoms with Gasteiger partial charge < -0.3 is 9.84 Å². The van der Waals surface area contributed by atoms with Gasteiger partial charge >= 0.3 is 0 Å². The van der Waals surface area contributed by atoms with Gasteiger partial charge in [0.25, 0.3) is 0 Å². The van der Waals surface area contributed by atoms with Crippen molar-refractivity contribution in [3.63, 3.8) is 0 Å². The number of hydrogen-bond acceptors (Lipinski definition) is 2. The first-order valence-electron chi connectivity index (χ1n) is 3.69. The second-order valence-corrected chi connectivity index (χ2v) is 1.82. The lowest BCUT2D eigenvalue weighted by molar-refractivity contribution is -0.123. The predicted octanol–water partition coefficient (Wildman–Crippen LogP) is 1.53. The molecular weight excluding hydrogens is 116 g/mol. The Bertz CT molecular complexity index is 48.9. The van der Waals surface area contributed by atoms with Gasteiger partial charge in [-0.1, -0.05) is 13.8 Å². The molecule has 1 fully saturated rings. The third-order valence-corrected chi connectivity index (χ3v) is 1.16. The second-order valence-electron chi connectivity index (χ2n) is 1.82. The topological polar surface area (TPSA) is 29.5 Å². The fraction of sp³-hybridized carbons (Fsp3) is 1.00. The standard InChI is InChI=1S/C5H10O2.C2H6/c6-5-3-1-2-4-7-5;1-2/h5-6H,1-4H2;1-2H3. The zero-order valence-corrected chi connectivity index (χ0v) is 6.26. The number of hydrogen-bond donors (Lipinski definition) is 1. The van der Waals surface area contributed by atoms with Gasteiger partial charge in [0.15, 0.2) is 6.29 Å². The van der Waals surface area contributed by atoms with Crippen molar-refractivity contribution in [3.8, 4) is 0 Å². The van der Waals surface area contributed by atoms with E-state index in [1.54, 1.807) is 0 Å². The molecular formula is C7H16O2. The fourth-order valence-corrected chi connectivity index (χ4v) is 0.724. The lowest BCUT2D eigenvalue weighted by Crippen LogP contribution is -2.17. The van der Waals surface area contributed by atoms with Crippen LogP contribution >= 0.6 is 0 Å². The highest BCUT2D eigenvalue weighted by molar-refractivity contribution is 4.50. The molecule has 0 aliphatic carbocycles. The van der Waals surface area contributed by atoms with E-state index in [-0.39, 0.29) is 0 Å². The van der Waals surface area contributed by atoms with Gasteiger partial charge in [0, 0.05) is 6.61 Å². The molecule has 1 N–H and O–H groups in total. The van der Waals surface area contributed by atoms with Crippen LogP contribution in [-0.4, -0.2) is 18.0 Å². The summed E-state index contributed by atoms with van der Waals surface area (Å²) in [5, 5.41) is 8.69. The molecule has 1 unspecified atom stereocenters. The maximum atomic E-state index is 8.69. The SMILES string of the molecule is CC.OC1CCCCO1. The Morgan fingerprint density at radius 1 is 1.33 bits per heavy atom. The van der Waals surface area contributed by atoms with Crippen molar-refractivity contribution in [1.82, 2.24) is 0 Å². The van der Waals surface area contributed by atoms with E-state index < -0.39 is 6.29 Å². The first-order valence-corrected chi connectivity index (χ1v) is 3.69. The largest absolute Gasteiger partial charge is 0.368 e. The fourth-order valence-electron chi connectivity index (χ4n) is 0.724. The van der Waals surface area contributed by atoms with Gasteiger partial charge in [-0.05, 0) is 19.3 Å². The van der Waals surface area contributed by atoms with E-state index in [4.69, 9.17) is 9.84 Å². The van der Waals surface area contributed by atoms with E-state index in [1.807, 2.05) is 13.8 Å². The van der Waals surface area contributed by atoms with E-state index in [0.717, 1.165) is 25.9 Å². The highest BCUT2D eigenvalue weighted by Crippen LogP contribution is 2.08. The van der Waals surface area contributed by atoms with E-state index >= 15 is 0 Å². The molecule has 0 saturated carbocycles. The van der Waals surface area contributed by atoms with Crippen LogP contribution in [0.3, 0.4) is 0 Å². The van der Waals surface area contributed by atoms with Gasteiger partial charge in [0.05, 0.1) is 0 Å². The Labute approximate surface area is 56.8 Å². The van der Waals surface area contributed by atoms with Crippen LogP contribution in [0.25, 0.3) is 0 Å². The third kappa shape index (κ3) is 4.43. The Kier molecular flexibility index (Phi) is 5.99. The Balaban J connectivity index is 0.000000291.